The normalized spacial score (nSPS) is 15.3. The summed E-state index contributed by atoms with van der Waals surface area (Å²) in [7, 11) is 0. The Kier molecular flexibility index (Phi) is 4.65. The number of pyridine rings is 1. The van der Waals surface area contributed by atoms with E-state index >= 15 is 0 Å². The van der Waals surface area contributed by atoms with Crippen LogP contribution < -0.4 is 15.6 Å². The molecule has 0 aliphatic carbocycles. The van der Waals surface area contributed by atoms with Gasteiger partial charge in [0.25, 0.3) is 0 Å². The molecule has 2 N–H and O–H groups in total. The maximum Gasteiger partial charge on any atom is 0.227 e. The van der Waals surface area contributed by atoms with Crippen molar-refractivity contribution in [3.63, 3.8) is 0 Å². The average Bonchev–Trinajstić information content (AvgIpc) is 2.98. The standard InChI is InChI=1S/C19H21N5O2S/c1-11-12(2)27-19-16(11)17(21-10-22-19)24-7-4-13(5-8-24)18(26)23-14-9-20-6-3-15(14)25/h3,6,9-10,13H,4-5,7-8H2,1-2H3,(H,20,25)(H,23,26). The number of anilines is 2. The molecule has 1 fully saturated rings. The number of carbonyl (C=O) groups is 1. The van der Waals surface area contributed by atoms with Crippen LogP contribution >= 0.6 is 11.3 Å². The number of nitrogens with one attached hydrogen (secondary N) is 2. The fourth-order valence-electron chi connectivity index (χ4n) is 3.51. The number of amides is 1. The third kappa shape index (κ3) is 3.32. The van der Waals surface area contributed by atoms with Crippen molar-refractivity contribution >= 4 is 39.0 Å². The van der Waals surface area contributed by atoms with Crippen molar-refractivity contribution < 1.29 is 4.79 Å². The van der Waals surface area contributed by atoms with Gasteiger partial charge >= 0.3 is 0 Å². The van der Waals surface area contributed by atoms with E-state index < -0.39 is 0 Å². The van der Waals surface area contributed by atoms with E-state index in [9.17, 15) is 9.59 Å². The second kappa shape index (κ2) is 7.11. The molecule has 0 atom stereocenters. The van der Waals surface area contributed by atoms with E-state index in [2.05, 4.69) is 39.0 Å². The molecule has 27 heavy (non-hydrogen) atoms. The van der Waals surface area contributed by atoms with Gasteiger partial charge in [0.1, 0.15) is 22.7 Å². The van der Waals surface area contributed by atoms with Crippen LogP contribution in [0.15, 0.2) is 29.6 Å². The molecule has 3 aromatic rings. The molecule has 140 valence electrons. The molecule has 0 saturated carbocycles. The number of aromatic amines is 1. The Hall–Kier alpha value is -2.74. The van der Waals surface area contributed by atoms with Crippen molar-refractivity contribution in [1.82, 2.24) is 15.0 Å². The van der Waals surface area contributed by atoms with Crippen molar-refractivity contribution in [1.29, 1.82) is 0 Å². The van der Waals surface area contributed by atoms with E-state index in [4.69, 9.17) is 0 Å². The number of carbonyl (C=O) groups excluding carboxylic acids is 1. The summed E-state index contributed by atoms with van der Waals surface area (Å²) in [5.41, 5.74) is 1.34. The lowest BCUT2D eigenvalue weighted by atomic mass is 9.95. The number of fused-ring (bicyclic) bond motifs is 1. The Labute approximate surface area is 160 Å². The number of nitrogens with zero attached hydrogens (tertiary/aromatic N) is 3. The van der Waals surface area contributed by atoms with Gasteiger partial charge in [0.15, 0.2) is 0 Å². The Morgan fingerprint density at radius 1 is 1.30 bits per heavy atom. The molecule has 4 rings (SSSR count). The van der Waals surface area contributed by atoms with Gasteiger partial charge in [0, 0.05) is 42.3 Å². The van der Waals surface area contributed by atoms with Gasteiger partial charge in [-0.25, -0.2) is 9.97 Å². The van der Waals surface area contributed by atoms with Crippen LogP contribution in [-0.2, 0) is 4.79 Å². The zero-order chi connectivity index (χ0) is 19.0. The zero-order valence-corrected chi connectivity index (χ0v) is 16.1. The summed E-state index contributed by atoms with van der Waals surface area (Å²) in [5, 5.41) is 3.88. The minimum atomic E-state index is -0.189. The highest BCUT2D eigenvalue weighted by atomic mass is 32.1. The molecular formula is C19H21N5O2S. The van der Waals surface area contributed by atoms with Gasteiger partial charge in [-0.2, -0.15) is 0 Å². The molecule has 0 bridgehead atoms. The van der Waals surface area contributed by atoms with Crippen molar-refractivity contribution in [3.05, 3.63) is 45.5 Å². The van der Waals surface area contributed by atoms with E-state index in [1.165, 1.54) is 22.7 Å². The van der Waals surface area contributed by atoms with Crippen LogP contribution in [0, 0.1) is 19.8 Å². The Morgan fingerprint density at radius 3 is 2.81 bits per heavy atom. The van der Waals surface area contributed by atoms with Crippen LogP contribution in [0.1, 0.15) is 23.3 Å². The smallest absolute Gasteiger partial charge is 0.227 e. The molecule has 0 radical (unpaired) electrons. The molecule has 4 heterocycles. The first-order valence-corrected chi connectivity index (χ1v) is 9.80. The minimum absolute atomic E-state index is 0.0956. The number of rotatable bonds is 3. The van der Waals surface area contributed by atoms with E-state index in [0.29, 0.717) is 5.69 Å². The quantitative estimate of drug-likeness (QED) is 0.726. The zero-order valence-electron chi connectivity index (χ0n) is 15.3. The lowest BCUT2D eigenvalue weighted by molar-refractivity contribution is -0.120. The molecular weight excluding hydrogens is 362 g/mol. The van der Waals surface area contributed by atoms with Gasteiger partial charge in [0.2, 0.25) is 11.3 Å². The number of hydrogen-bond acceptors (Lipinski definition) is 6. The lowest BCUT2D eigenvalue weighted by Crippen LogP contribution is -2.39. The van der Waals surface area contributed by atoms with Crippen molar-refractivity contribution in [2.45, 2.75) is 26.7 Å². The summed E-state index contributed by atoms with van der Waals surface area (Å²) in [4.78, 5) is 40.6. The first kappa shape index (κ1) is 17.7. The highest BCUT2D eigenvalue weighted by Gasteiger charge is 2.27. The van der Waals surface area contributed by atoms with Crippen LogP contribution in [0.3, 0.4) is 0 Å². The summed E-state index contributed by atoms with van der Waals surface area (Å²) >= 11 is 1.69. The topological polar surface area (TPSA) is 91.0 Å². The second-order valence-electron chi connectivity index (χ2n) is 6.83. The molecule has 1 saturated heterocycles. The van der Waals surface area contributed by atoms with Crippen molar-refractivity contribution in [3.8, 4) is 0 Å². The largest absolute Gasteiger partial charge is 0.366 e. The lowest BCUT2D eigenvalue weighted by Gasteiger charge is -2.32. The second-order valence-corrected chi connectivity index (χ2v) is 8.04. The van der Waals surface area contributed by atoms with Gasteiger partial charge in [-0.1, -0.05) is 0 Å². The highest BCUT2D eigenvalue weighted by molar-refractivity contribution is 7.18. The van der Waals surface area contributed by atoms with Gasteiger partial charge in [0.05, 0.1) is 5.39 Å². The molecule has 1 aliphatic rings. The first-order chi connectivity index (χ1) is 13.0. The van der Waals surface area contributed by atoms with Crippen molar-refractivity contribution in [2.24, 2.45) is 5.92 Å². The van der Waals surface area contributed by atoms with E-state index in [-0.39, 0.29) is 17.3 Å². The summed E-state index contributed by atoms with van der Waals surface area (Å²) in [5.74, 6) is 0.755. The maximum atomic E-state index is 12.5. The molecule has 8 heteroatoms. The number of hydrogen-bond donors (Lipinski definition) is 2. The van der Waals surface area contributed by atoms with Crippen LogP contribution in [0.2, 0.25) is 0 Å². The summed E-state index contributed by atoms with van der Waals surface area (Å²) in [6.07, 6.45) is 6.14. The van der Waals surface area contributed by atoms with E-state index in [1.54, 1.807) is 23.9 Å². The molecule has 1 aliphatic heterocycles. The molecule has 0 spiro atoms. The monoisotopic (exact) mass is 383 g/mol. The summed E-state index contributed by atoms with van der Waals surface area (Å²) < 4.78 is 0. The van der Waals surface area contributed by atoms with Crippen LogP contribution in [0.5, 0.6) is 0 Å². The molecule has 3 aromatic heterocycles. The van der Waals surface area contributed by atoms with Gasteiger partial charge in [-0.3, -0.25) is 9.59 Å². The van der Waals surface area contributed by atoms with Gasteiger partial charge in [-0.05, 0) is 32.3 Å². The minimum Gasteiger partial charge on any atom is -0.366 e. The van der Waals surface area contributed by atoms with Crippen LogP contribution in [0.25, 0.3) is 10.2 Å². The first-order valence-electron chi connectivity index (χ1n) is 8.98. The van der Waals surface area contributed by atoms with Crippen LogP contribution in [0.4, 0.5) is 11.5 Å². The fraction of sp³-hybridized carbons (Fsp3) is 0.368. The van der Waals surface area contributed by atoms with Gasteiger partial charge < -0.3 is 15.2 Å². The SMILES string of the molecule is Cc1sc2ncnc(N3CCC(C(=O)Nc4c[nH]ccc4=O)CC3)c2c1C. The number of H-pyrrole nitrogens is 1. The van der Waals surface area contributed by atoms with Crippen LogP contribution in [-0.4, -0.2) is 33.9 Å². The van der Waals surface area contributed by atoms with Crippen molar-refractivity contribution in [2.75, 3.05) is 23.3 Å². The van der Waals surface area contributed by atoms with E-state index in [1.807, 2.05) is 0 Å². The number of thiophene rings is 1. The summed E-state index contributed by atoms with van der Waals surface area (Å²) in [6.45, 7) is 5.72. The molecule has 7 nitrogen and oxygen atoms in total. The highest BCUT2D eigenvalue weighted by Crippen LogP contribution is 2.35. The predicted octanol–water partition coefficient (Wildman–Crippen LogP) is 2.85. The average molecular weight is 383 g/mol. The maximum absolute atomic E-state index is 12.5. The Morgan fingerprint density at radius 2 is 2.07 bits per heavy atom. The summed E-state index contributed by atoms with van der Waals surface area (Å²) in [6, 6.07) is 1.41. The third-order valence-electron chi connectivity index (χ3n) is 5.19. The predicted molar refractivity (Wildman–Crippen MR) is 108 cm³/mol. The number of aromatic nitrogens is 3. The molecule has 0 unspecified atom stereocenters. The molecule has 1 amide bonds. The fourth-order valence-corrected chi connectivity index (χ4v) is 4.50. The number of piperidine rings is 1. The Balaban J connectivity index is 1.47. The Bertz CT molecular complexity index is 1050. The van der Waals surface area contributed by atoms with E-state index in [0.717, 1.165) is 42.0 Å². The molecule has 0 aromatic carbocycles. The van der Waals surface area contributed by atoms with Gasteiger partial charge in [-0.15, -0.1) is 11.3 Å². The number of aryl methyl sites for hydroxylation is 2. The third-order valence-corrected chi connectivity index (χ3v) is 6.31.